The Balaban J connectivity index is 3.24. The zero-order chi connectivity index (χ0) is 12.2. The minimum Gasteiger partial charge on any atom is -0.356 e. The van der Waals surface area contributed by atoms with Crippen molar-refractivity contribution in [1.82, 2.24) is 5.32 Å². The van der Waals surface area contributed by atoms with Gasteiger partial charge in [-0.2, -0.15) is 0 Å². The molecule has 0 aromatic rings. The molecule has 1 amide bonds. The van der Waals surface area contributed by atoms with E-state index in [1.807, 2.05) is 0 Å². The summed E-state index contributed by atoms with van der Waals surface area (Å²) in [5.74, 6) is 1.48. The first-order chi connectivity index (χ1) is 7.70. The van der Waals surface area contributed by atoms with Crippen LogP contribution in [-0.4, -0.2) is 18.3 Å². The highest BCUT2D eigenvalue weighted by atomic mass is 35.5. The van der Waals surface area contributed by atoms with Crippen molar-refractivity contribution in [2.24, 2.45) is 5.92 Å². The summed E-state index contributed by atoms with van der Waals surface area (Å²) in [6.45, 7) is 5.12. The molecule has 0 aliphatic carbocycles. The number of halogens is 1. The van der Waals surface area contributed by atoms with Crippen molar-refractivity contribution in [2.75, 3.05) is 12.4 Å². The predicted molar refractivity (Wildman–Crippen MR) is 70.9 cm³/mol. The molecule has 0 saturated heterocycles. The van der Waals surface area contributed by atoms with Gasteiger partial charge in [0, 0.05) is 18.8 Å². The molecule has 1 atom stereocenters. The van der Waals surface area contributed by atoms with Gasteiger partial charge in [-0.25, -0.2) is 0 Å². The molecular weight excluding hydrogens is 222 g/mol. The molecule has 3 heteroatoms. The van der Waals surface area contributed by atoms with Gasteiger partial charge in [0.15, 0.2) is 0 Å². The first kappa shape index (κ1) is 15.8. The standard InChI is InChI=1S/C13H26ClNO/c1-3-4-5-6-9-13(16)15-10-7-8-12(2)11-14/h12H,3-11H2,1-2H3,(H,15,16). The summed E-state index contributed by atoms with van der Waals surface area (Å²) in [4.78, 5) is 11.4. The van der Waals surface area contributed by atoms with Crippen LogP contribution in [0.2, 0.25) is 0 Å². The number of carbonyl (C=O) groups is 1. The summed E-state index contributed by atoms with van der Waals surface area (Å²) < 4.78 is 0. The number of hydrogen-bond donors (Lipinski definition) is 1. The fraction of sp³-hybridized carbons (Fsp3) is 0.923. The van der Waals surface area contributed by atoms with E-state index in [1.165, 1.54) is 19.3 Å². The first-order valence-corrected chi connectivity index (χ1v) is 7.06. The molecule has 0 fully saturated rings. The number of amides is 1. The van der Waals surface area contributed by atoms with Crippen LogP contribution in [0.25, 0.3) is 0 Å². The van der Waals surface area contributed by atoms with Gasteiger partial charge in [-0.15, -0.1) is 11.6 Å². The first-order valence-electron chi connectivity index (χ1n) is 6.53. The highest BCUT2D eigenvalue weighted by Gasteiger charge is 2.02. The molecular formula is C13H26ClNO. The van der Waals surface area contributed by atoms with Crippen molar-refractivity contribution in [3.8, 4) is 0 Å². The third-order valence-electron chi connectivity index (χ3n) is 2.72. The monoisotopic (exact) mass is 247 g/mol. The summed E-state index contributed by atoms with van der Waals surface area (Å²) in [5, 5.41) is 2.96. The maximum atomic E-state index is 11.4. The largest absolute Gasteiger partial charge is 0.356 e. The Bertz CT molecular complexity index is 173. The third kappa shape index (κ3) is 10.3. The maximum absolute atomic E-state index is 11.4. The topological polar surface area (TPSA) is 29.1 Å². The van der Waals surface area contributed by atoms with E-state index in [9.17, 15) is 4.79 Å². The Morgan fingerprint density at radius 3 is 2.62 bits per heavy atom. The molecule has 96 valence electrons. The molecule has 1 unspecified atom stereocenters. The molecule has 0 bridgehead atoms. The molecule has 0 rings (SSSR count). The lowest BCUT2D eigenvalue weighted by Crippen LogP contribution is -2.24. The van der Waals surface area contributed by atoms with E-state index in [2.05, 4.69) is 19.2 Å². The molecule has 16 heavy (non-hydrogen) atoms. The predicted octanol–water partition coefficient (Wildman–Crippen LogP) is 3.73. The zero-order valence-electron chi connectivity index (χ0n) is 10.7. The Labute approximate surface area is 105 Å². The Kier molecular flexibility index (Phi) is 11.1. The van der Waals surface area contributed by atoms with Crippen molar-refractivity contribution >= 4 is 17.5 Å². The van der Waals surface area contributed by atoms with E-state index in [-0.39, 0.29) is 5.91 Å². The average molecular weight is 248 g/mol. The quantitative estimate of drug-likeness (QED) is 0.463. The van der Waals surface area contributed by atoms with Crippen molar-refractivity contribution in [1.29, 1.82) is 0 Å². The fourth-order valence-corrected chi connectivity index (χ4v) is 1.71. The molecule has 1 N–H and O–H groups in total. The van der Waals surface area contributed by atoms with Crippen LogP contribution in [-0.2, 0) is 4.79 Å². The highest BCUT2D eigenvalue weighted by molar-refractivity contribution is 6.18. The van der Waals surface area contributed by atoms with Crippen LogP contribution in [0.3, 0.4) is 0 Å². The van der Waals surface area contributed by atoms with E-state index in [4.69, 9.17) is 11.6 Å². The van der Waals surface area contributed by atoms with Gasteiger partial charge in [0.05, 0.1) is 0 Å². The van der Waals surface area contributed by atoms with Crippen molar-refractivity contribution in [3.05, 3.63) is 0 Å². The van der Waals surface area contributed by atoms with E-state index in [0.717, 1.165) is 25.8 Å². The van der Waals surface area contributed by atoms with Crippen LogP contribution in [0.4, 0.5) is 0 Å². The SMILES string of the molecule is CCCCCCC(=O)NCCCC(C)CCl. The van der Waals surface area contributed by atoms with Crippen LogP contribution in [0, 0.1) is 5.92 Å². The lowest BCUT2D eigenvalue weighted by molar-refractivity contribution is -0.121. The van der Waals surface area contributed by atoms with Gasteiger partial charge in [-0.3, -0.25) is 4.79 Å². The summed E-state index contributed by atoms with van der Waals surface area (Å²) in [6.07, 6.45) is 7.47. The smallest absolute Gasteiger partial charge is 0.219 e. The van der Waals surface area contributed by atoms with Gasteiger partial charge in [0.1, 0.15) is 0 Å². The normalized spacial score (nSPS) is 12.4. The van der Waals surface area contributed by atoms with Crippen LogP contribution in [0.5, 0.6) is 0 Å². The Morgan fingerprint density at radius 1 is 1.25 bits per heavy atom. The Morgan fingerprint density at radius 2 is 2.00 bits per heavy atom. The summed E-state index contributed by atoms with van der Waals surface area (Å²) in [5.41, 5.74) is 0. The third-order valence-corrected chi connectivity index (χ3v) is 3.24. The van der Waals surface area contributed by atoms with E-state index in [0.29, 0.717) is 18.2 Å². The second-order valence-electron chi connectivity index (χ2n) is 4.56. The molecule has 0 spiro atoms. The van der Waals surface area contributed by atoms with Gasteiger partial charge in [-0.05, 0) is 25.2 Å². The molecule has 2 nitrogen and oxygen atoms in total. The zero-order valence-corrected chi connectivity index (χ0v) is 11.5. The van der Waals surface area contributed by atoms with Crippen molar-refractivity contribution in [2.45, 2.75) is 58.8 Å². The van der Waals surface area contributed by atoms with Crippen LogP contribution in [0.15, 0.2) is 0 Å². The van der Waals surface area contributed by atoms with Gasteiger partial charge < -0.3 is 5.32 Å². The summed E-state index contributed by atoms with van der Waals surface area (Å²) in [6, 6.07) is 0. The van der Waals surface area contributed by atoms with E-state index >= 15 is 0 Å². The number of rotatable bonds is 10. The highest BCUT2D eigenvalue weighted by Crippen LogP contribution is 2.06. The summed E-state index contributed by atoms with van der Waals surface area (Å²) in [7, 11) is 0. The van der Waals surface area contributed by atoms with Gasteiger partial charge in [0.2, 0.25) is 5.91 Å². The minimum atomic E-state index is 0.203. The molecule has 0 aromatic carbocycles. The lowest BCUT2D eigenvalue weighted by atomic mass is 10.1. The van der Waals surface area contributed by atoms with Crippen molar-refractivity contribution < 1.29 is 4.79 Å². The fourth-order valence-electron chi connectivity index (χ4n) is 1.56. The van der Waals surface area contributed by atoms with Gasteiger partial charge in [-0.1, -0.05) is 33.1 Å². The number of hydrogen-bond acceptors (Lipinski definition) is 1. The molecule has 0 radical (unpaired) electrons. The number of alkyl halides is 1. The van der Waals surface area contributed by atoms with E-state index in [1.54, 1.807) is 0 Å². The second-order valence-corrected chi connectivity index (χ2v) is 4.87. The van der Waals surface area contributed by atoms with E-state index < -0.39 is 0 Å². The number of unbranched alkanes of at least 4 members (excludes halogenated alkanes) is 3. The molecule has 0 aliphatic heterocycles. The van der Waals surface area contributed by atoms with Gasteiger partial charge in [0.25, 0.3) is 0 Å². The minimum absolute atomic E-state index is 0.203. The van der Waals surface area contributed by atoms with Crippen LogP contribution >= 0.6 is 11.6 Å². The molecule has 0 heterocycles. The molecule has 0 saturated carbocycles. The molecule has 0 aromatic heterocycles. The van der Waals surface area contributed by atoms with Gasteiger partial charge >= 0.3 is 0 Å². The lowest BCUT2D eigenvalue weighted by Gasteiger charge is -2.08. The maximum Gasteiger partial charge on any atom is 0.219 e. The van der Waals surface area contributed by atoms with Crippen molar-refractivity contribution in [3.63, 3.8) is 0 Å². The average Bonchev–Trinajstić information content (AvgIpc) is 2.30. The second kappa shape index (κ2) is 11.3. The number of nitrogens with one attached hydrogen (secondary N) is 1. The number of carbonyl (C=O) groups excluding carboxylic acids is 1. The summed E-state index contributed by atoms with van der Waals surface area (Å²) >= 11 is 5.70. The van der Waals surface area contributed by atoms with Crippen LogP contribution in [0.1, 0.15) is 58.8 Å². The molecule has 0 aliphatic rings. The Hall–Kier alpha value is -0.240. The van der Waals surface area contributed by atoms with Crippen LogP contribution < -0.4 is 5.32 Å².